The minimum atomic E-state index is -0.0943. The minimum absolute atomic E-state index is 0.0943. The number of halogens is 1. The highest BCUT2D eigenvalue weighted by molar-refractivity contribution is 9.10. The van der Waals surface area contributed by atoms with Crippen molar-refractivity contribution >= 4 is 21.8 Å². The van der Waals surface area contributed by atoms with Gasteiger partial charge in [0.15, 0.2) is 0 Å². The van der Waals surface area contributed by atoms with Crippen LogP contribution in [0.15, 0.2) is 22.9 Å². The van der Waals surface area contributed by atoms with E-state index >= 15 is 0 Å². The van der Waals surface area contributed by atoms with Crippen LogP contribution in [0.1, 0.15) is 17.3 Å². The van der Waals surface area contributed by atoms with E-state index < -0.39 is 0 Å². The van der Waals surface area contributed by atoms with Crippen molar-refractivity contribution in [3.63, 3.8) is 0 Å². The fourth-order valence-electron chi connectivity index (χ4n) is 1.44. The lowest BCUT2D eigenvalue weighted by molar-refractivity contribution is 0.0934. The second-order valence-electron chi connectivity index (χ2n) is 4.03. The predicted molar refractivity (Wildman–Crippen MR) is 67.4 cm³/mol. The first kappa shape index (κ1) is 13.1. The zero-order valence-corrected chi connectivity index (χ0v) is 11.3. The number of hydrogen-bond acceptors (Lipinski definition) is 3. The summed E-state index contributed by atoms with van der Waals surface area (Å²) in [4.78, 5) is 17.8. The van der Waals surface area contributed by atoms with E-state index in [9.17, 15) is 4.79 Å². The van der Waals surface area contributed by atoms with Gasteiger partial charge in [-0.15, -0.1) is 0 Å². The molecule has 1 amide bonds. The molecule has 0 radical (unpaired) electrons. The van der Waals surface area contributed by atoms with E-state index in [0.29, 0.717) is 5.56 Å². The van der Waals surface area contributed by atoms with Gasteiger partial charge in [0, 0.05) is 29.5 Å². The second-order valence-corrected chi connectivity index (χ2v) is 4.94. The zero-order valence-electron chi connectivity index (χ0n) is 9.70. The molecule has 0 aromatic carbocycles. The van der Waals surface area contributed by atoms with Gasteiger partial charge in [0.25, 0.3) is 5.91 Å². The average Bonchev–Trinajstić information content (AvgIpc) is 2.16. The first-order valence-electron chi connectivity index (χ1n) is 5.05. The van der Waals surface area contributed by atoms with Crippen molar-refractivity contribution in [2.24, 2.45) is 0 Å². The number of nitrogens with one attached hydrogen (secondary N) is 1. The van der Waals surface area contributed by atoms with Gasteiger partial charge in [-0.05, 0) is 43.0 Å². The number of carbonyl (C=O) groups is 1. The number of likely N-dealkylation sites (N-methyl/N-ethyl adjacent to an activating group) is 1. The van der Waals surface area contributed by atoms with Gasteiger partial charge in [0.1, 0.15) is 0 Å². The topological polar surface area (TPSA) is 45.2 Å². The lowest BCUT2D eigenvalue weighted by Gasteiger charge is -2.18. The number of rotatable bonds is 4. The van der Waals surface area contributed by atoms with E-state index in [1.165, 1.54) is 0 Å². The third-order valence-corrected chi connectivity index (χ3v) is 2.42. The Morgan fingerprint density at radius 1 is 1.56 bits per heavy atom. The summed E-state index contributed by atoms with van der Waals surface area (Å²) in [6.45, 7) is 2.79. The monoisotopic (exact) mass is 285 g/mol. The minimum Gasteiger partial charge on any atom is -0.348 e. The van der Waals surface area contributed by atoms with Crippen LogP contribution in [0.3, 0.4) is 0 Å². The molecule has 1 atom stereocenters. The van der Waals surface area contributed by atoms with Crippen molar-refractivity contribution in [1.82, 2.24) is 15.2 Å². The third-order valence-electron chi connectivity index (χ3n) is 1.98. The van der Waals surface area contributed by atoms with Crippen LogP contribution in [-0.2, 0) is 0 Å². The average molecular weight is 286 g/mol. The molecule has 0 aliphatic carbocycles. The van der Waals surface area contributed by atoms with Crippen LogP contribution in [0.4, 0.5) is 0 Å². The molecule has 1 unspecified atom stereocenters. The van der Waals surface area contributed by atoms with Crippen LogP contribution < -0.4 is 5.32 Å². The molecule has 1 N–H and O–H groups in total. The van der Waals surface area contributed by atoms with E-state index in [4.69, 9.17) is 0 Å². The molecule has 0 aliphatic rings. The van der Waals surface area contributed by atoms with Gasteiger partial charge < -0.3 is 10.2 Å². The molecule has 5 heteroatoms. The number of amides is 1. The first-order chi connectivity index (χ1) is 7.49. The van der Waals surface area contributed by atoms with E-state index in [0.717, 1.165) is 11.0 Å². The Labute approximate surface area is 104 Å². The van der Waals surface area contributed by atoms with Gasteiger partial charge in [0.05, 0.1) is 5.56 Å². The van der Waals surface area contributed by atoms with E-state index in [2.05, 4.69) is 26.2 Å². The predicted octanol–water partition coefficient (Wildman–Crippen LogP) is 1.52. The second kappa shape index (κ2) is 5.96. The summed E-state index contributed by atoms with van der Waals surface area (Å²) < 4.78 is 0.806. The zero-order chi connectivity index (χ0) is 12.1. The summed E-state index contributed by atoms with van der Waals surface area (Å²) in [5.41, 5.74) is 0.569. The molecule has 0 saturated carbocycles. The highest BCUT2D eigenvalue weighted by Gasteiger charge is 2.10. The summed E-state index contributed by atoms with van der Waals surface area (Å²) in [6.07, 6.45) is 3.21. The molecule has 0 aliphatic heterocycles. The Hall–Kier alpha value is -0.940. The highest BCUT2D eigenvalue weighted by Crippen LogP contribution is 2.09. The number of hydrogen-bond donors (Lipinski definition) is 1. The fourth-order valence-corrected chi connectivity index (χ4v) is 1.80. The molecule has 1 aromatic rings. The van der Waals surface area contributed by atoms with Gasteiger partial charge in [0.2, 0.25) is 0 Å². The Bertz CT molecular complexity index is 368. The number of pyridine rings is 1. The standard InChI is InChI=1S/C11H16BrN3O/c1-8(7-15(2)3)14-11(16)9-4-10(12)6-13-5-9/h4-6,8H,7H2,1-3H3,(H,14,16). The summed E-state index contributed by atoms with van der Waals surface area (Å²) in [7, 11) is 3.95. The van der Waals surface area contributed by atoms with Crippen LogP contribution in [0.2, 0.25) is 0 Å². The largest absolute Gasteiger partial charge is 0.348 e. The maximum atomic E-state index is 11.8. The van der Waals surface area contributed by atoms with E-state index in [1.807, 2.05) is 25.9 Å². The maximum absolute atomic E-state index is 11.8. The number of nitrogens with zero attached hydrogens (tertiary/aromatic N) is 2. The van der Waals surface area contributed by atoms with Gasteiger partial charge in [-0.25, -0.2) is 0 Å². The Kier molecular flexibility index (Phi) is 4.89. The molecule has 4 nitrogen and oxygen atoms in total. The summed E-state index contributed by atoms with van der Waals surface area (Å²) in [5.74, 6) is -0.0943. The van der Waals surface area contributed by atoms with Gasteiger partial charge in [-0.3, -0.25) is 9.78 Å². The number of carbonyl (C=O) groups excluding carboxylic acids is 1. The molecular weight excluding hydrogens is 270 g/mol. The summed E-state index contributed by atoms with van der Waals surface area (Å²) in [6, 6.07) is 1.87. The van der Waals surface area contributed by atoms with E-state index in [-0.39, 0.29) is 11.9 Å². The summed E-state index contributed by atoms with van der Waals surface area (Å²) >= 11 is 3.29. The molecule has 0 bridgehead atoms. The van der Waals surface area contributed by atoms with Crippen molar-refractivity contribution in [1.29, 1.82) is 0 Å². The van der Waals surface area contributed by atoms with Crippen molar-refractivity contribution in [2.75, 3.05) is 20.6 Å². The summed E-state index contributed by atoms with van der Waals surface area (Å²) in [5, 5.41) is 2.91. The molecule has 0 fully saturated rings. The molecule has 0 saturated heterocycles. The molecule has 0 spiro atoms. The van der Waals surface area contributed by atoms with Crippen LogP contribution in [0, 0.1) is 0 Å². The van der Waals surface area contributed by atoms with Gasteiger partial charge >= 0.3 is 0 Å². The SMILES string of the molecule is CC(CN(C)C)NC(=O)c1cncc(Br)c1. The first-order valence-corrected chi connectivity index (χ1v) is 5.84. The van der Waals surface area contributed by atoms with Crippen LogP contribution in [-0.4, -0.2) is 42.5 Å². The van der Waals surface area contributed by atoms with Crippen molar-refractivity contribution < 1.29 is 4.79 Å². The fraction of sp³-hybridized carbons (Fsp3) is 0.455. The molecule has 1 rings (SSSR count). The van der Waals surface area contributed by atoms with Crippen molar-refractivity contribution in [3.8, 4) is 0 Å². The lowest BCUT2D eigenvalue weighted by Crippen LogP contribution is -2.39. The van der Waals surface area contributed by atoms with Crippen LogP contribution in [0.25, 0.3) is 0 Å². The number of aromatic nitrogens is 1. The van der Waals surface area contributed by atoms with Crippen molar-refractivity contribution in [2.45, 2.75) is 13.0 Å². The third kappa shape index (κ3) is 4.28. The molecule has 1 aromatic heterocycles. The highest BCUT2D eigenvalue weighted by atomic mass is 79.9. The van der Waals surface area contributed by atoms with Gasteiger partial charge in [-0.1, -0.05) is 0 Å². The van der Waals surface area contributed by atoms with E-state index in [1.54, 1.807) is 18.5 Å². The quantitative estimate of drug-likeness (QED) is 0.913. The maximum Gasteiger partial charge on any atom is 0.253 e. The Morgan fingerprint density at radius 2 is 2.25 bits per heavy atom. The smallest absolute Gasteiger partial charge is 0.253 e. The van der Waals surface area contributed by atoms with Crippen molar-refractivity contribution in [3.05, 3.63) is 28.5 Å². The Balaban J connectivity index is 2.59. The van der Waals surface area contributed by atoms with Crippen LogP contribution in [0.5, 0.6) is 0 Å². The molecule has 1 heterocycles. The van der Waals surface area contributed by atoms with Crippen LogP contribution >= 0.6 is 15.9 Å². The lowest BCUT2D eigenvalue weighted by atomic mass is 10.2. The molecule has 88 valence electrons. The normalized spacial score (nSPS) is 12.6. The Morgan fingerprint density at radius 3 is 2.81 bits per heavy atom. The molecule has 16 heavy (non-hydrogen) atoms. The molecular formula is C11H16BrN3O. The van der Waals surface area contributed by atoms with Gasteiger partial charge in [-0.2, -0.15) is 0 Å².